The lowest BCUT2D eigenvalue weighted by Gasteiger charge is -2.11. The first-order chi connectivity index (χ1) is 14.4. The predicted octanol–water partition coefficient (Wildman–Crippen LogP) is 5.20. The fraction of sp³-hybridized carbons (Fsp3) is 0.130. The number of hydrogen-bond donors (Lipinski definition) is 4. The summed E-state index contributed by atoms with van der Waals surface area (Å²) in [6, 6.07) is 16.8. The number of aromatic hydroxyl groups is 1. The molecule has 0 saturated carbocycles. The van der Waals surface area contributed by atoms with E-state index >= 15 is 0 Å². The highest BCUT2D eigenvalue weighted by molar-refractivity contribution is 6.32. The largest absolute Gasteiger partial charge is 0.506 e. The minimum absolute atomic E-state index is 0. The maximum absolute atomic E-state index is 11.0. The number of benzene rings is 2. The third-order valence-corrected chi connectivity index (χ3v) is 5.30. The van der Waals surface area contributed by atoms with E-state index in [9.17, 15) is 9.90 Å². The Balaban J connectivity index is 0.00000272. The molecule has 0 fully saturated rings. The van der Waals surface area contributed by atoms with Gasteiger partial charge < -0.3 is 20.9 Å². The van der Waals surface area contributed by atoms with Crippen LogP contribution < -0.4 is 5.73 Å². The van der Waals surface area contributed by atoms with E-state index in [-0.39, 0.29) is 29.6 Å². The molecule has 0 atom stereocenters. The van der Waals surface area contributed by atoms with E-state index in [2.05, 4.69) is 9.97 Å². The number of phenols is 1. The zero-order valence-corrected chi connectivity index (χ0v) is 18.0. The van der Waals surface area contributed by atoms with Gasteiger partial charge in [-0.3, -0.25) is 4.79 Å². The highest BCUT2D eigenvalue weighted by Crippen LogP contribution is 2.40. The number of pyridine rings is 1. The molecule has 2 heterocycles. The van der Waals surface area contributed by atoms with Gasteiger partial charge in [0.05, 0.1) is 21.7 Å². The smallest absolute Gasteiger partial charge is 0.303 e. The highest BCUT2D eigenvalue weighted by Gasteiger charge is 2.20. The summed E-state index contributed by atoms with van der Waals surface area (Å²) >= 11 is 6.27. The molecule has 0 amide bonds. The van der Waals surface area contributed by atoms with Crippen LogP contribution in [0.2, 0.25) is 5.02 Å². The van der Waals surface area contributed by atoms with Crippen LogP contribution in [0.5, 0.6) is 5.75 Å². The van der Waals surface area contributed by atoms with Crippen molar-refractivity contribution in [1.82, 2.24) is 9.97 Å². The number of aromatic nitrogens is 2. The van der Waals surface area contributed by atoms with Crippen LogP contribution in [0.4, 0.5) is 5.82 Å². The molecular formula is C23H21Cl2N3O3. The predicted molar refractivity (Wildman–Crippen MR) is 125 cm³/mol. The quantitative estimate of drug-likeness (QED) is 0.317. The first kappa shape index (κ1) is 22.5. The van der Waals surface area contributed by atoms with E-state index < -0.39 is 5.97 Å². The SMILES string of the molecule is Cl.Nc1ccc2[nH]c(-c3cc(CCC(=O)O)cc(Cl)c3O)c(Cc3ccccc3)c2n1. The van der Waals surface area contributed by atoms with Crippen molar-refractivity contribution in [3.8, 4) is 17.0 Å². The third kappa shape index (κ3) is 4.76. The maximum Gasteiger partial charge on any atom is 0.303 e. The van der Waals surface area contributed by atoms with Gasteiger partial charge in [0, 0.05) is 24.0 Å². The number of fused-ring (bicyclic) bond motifs is 1. The second-order valence-electron chi connectivity index (χ2n) is 7.14. The Bertz CT molecular complexity index is 1240. The monoisotopic (exact) mass is 457 g/mol. The molecule has 31 heavy (non-hydrogen) atoms. The number of nitrogens with zero attached hydrogens (tertiary/aromatic N) is 1. The van der Waals surface area contributed by atoms with Gasteiger partial charge in [0.15, 0.2) is 0 Å². The molecule has 2 aromatic heterocycles. The topological polar surface area (TPSA) is 112 Å². The van der Waals surface area contributed by atoms with Gasteiger partial charge in [0.2, 0.25) is 0 Å². The molecule has 0 aliphatic rings. The van der Waals surface area contributed by atoms with Crippen molar-refractivity contribution >= 4 is 46.8 Å². The van der Waals surface area contributed by atoms with Crippen LogP contribution in [-0.2, 0) is 17.6 Å². The van der Waals surface area contributed by atoms with E-state index in [1.54, 1.807) is 18.2 Å². The van der Waals surface area contributed by atoms with Gasteiger partial charge in [-0.15, -0.1) is 12.4 Å². The first-order valence-corrected chi connectivity index (χ1v) is 9.84. The number of carboxylic acid groups (broad SMARTS) is 1. The number of aliphatic carboxylic acids is 1. The Morgan fingerprint density at radius 2 is 1.84 bits per heavy atom. The summed E-state index contributed by atoms with van der Waals surface area (Å²) in [5.74, 6) is -0.555. The average molecular weight is 458 g/mol. The second kappa shape index (κ2) is 9.29. The molecule has 4 rings (SSSR count). The van der Waals surface area contributed by atoms with E-state index in [4.69, 9.17) is 22.4 Å². The molecule has 4 aromatic rings. The minimum atomic E-state index is -0.893. The Hall–Kier alpha value is -3.22. The summed E-state index contributed by atoms with van der Waals surface area (Å²) in [4.78, 5) is 18.8. The Morgan fingerprint density at radius 1 is 1.10 bits per heavy atom. The molecule has 0 unspecified atom stereocenters. The molecule has 5 N–H and O–H groups in total. The van der Waals surface area contributed by atoms with Gasteiger partial charge in [-0.25, -0.2) is 4.98 Å². The molecule has 0 spiro atoms. The number of carboxylic acids is 1. The van der Waals surface area contributed by atoms with Crippen LogP contribution in [0.3, 0.4) is 0 Å². The fourth-order valence-corrected chi connectivity index (χ4v) is 3.82. The number of H-pyrrole nitrogens is 1. The van der Waals surface area contributed by atoms with Crippen molar-refractivity contribution in [2.75, 3.05) is 5.73 Å². The molecule has 0 aliphatic heterocycles. The van der Waals surface area contributed by atoms with Crippen molar-refractivity contribution < 1.29 is 15.0 Å². The van der Waals surface area contributed by atoms with Gasteiger partial charge in [0.1, 0.15) is 11.6 Å². The number of aromatic amines is 1. The summed E-state index contributed by atoms with van der Waals surface area (Å²) in [6.45, 7) is 0. The van der Waals surface area contributed by atoms with Crippen LogP contribution in [0.15, 0.2) is 54.6 Å². The van der Waals surface area contributed by atoms with Gasteiger partial charge in [-0.05, 0) is 41.8 Å². The fourth-order valence-electron chi connectivity index (χ4n) is 3.58. The van der Waals surface area contributed by atoms with Crippen molar-refractivity contribution in [3.05, 3.63) is 76.3 Å². The third-order valence-electron chi connectivity index (χ3n) is 5.01. The summed E-state index contributed by atoms with van der Waals surface area (Å²) in [7, 11) is 0. The van der Waals surface area contributed by atoms with Crippen molar-refractivity contribution in [2.45, 2.75) is 19.3 Å². The van der Waals surface area contributed by atoms with E-state index in [1.807, 2.05) is 36.4 Å². The minimum Gasteiger partial charge on any atom is -0.506 e. The van der Waals surface area contributed by atoms with E-state index in [0.29, 0.717) is 29.9 Å². The van der Waals surface area contributed by atoms with Crippen LogP contribution in [-0.4, -0.2) is 26.2 Å². The molecule has 0 radical (unpaired) electrons. The maximum atomic E-state index is 11.0. The van der Waals surface area contributed by atoms with Gasteiger partial charge in [-0.1, -0.05) is 41.9 Å². The van der Waals surface area contributed by atoms with Crippen molar-refractivity contribution in [3.63, 3.8) is 0 Å². The molecule has 160 valence electrons. The van der Waals surface area contributed by atoms with Crippen LogP contribution >= 0.6 is 24.0 Å². The first-order valence-electron chi connectivity index (χ1n) is 9.47. The van der Waals surface area contributed by atoms with Crippen molar-refractivity contribution in [1.29, 1.82) is 0 Å². The summed E-state index contributed by atoms with van der Waals surface area (Å²) in [6.07, 6.45) is 0.854. The van der Waals surface area contributed by atoms with Gasteiger partial charge >= 0.3 is 5.97 Å². The lowest BCUT2D eigenvalue weighted by molar-refractivity contribution is -0.136. The molecule has 2 aromatic carbocycles. The molecule has 0 aliphatic carbocycles. The Morgan fingerprint density at radius 3 is 2.55 bits per heavy atom. The van der Waals surface area contributed by atoms with Crippen LogP contribution in [0.1, 0.15) is 23.1 Å². The molecule has 8 heteroatoms. The number of rotatable bonds is 6. The zero-order valence-electron chi connectivity index (χ0n) is 16.4. The molecule has 6 nitrogen and oxygen atoms in total. The number of nitrogen functional groups attached to an aromatic ring is 1. The van der Waals surface area contributed by atoms with Crippen LogP contribution in [0, 0.1) is 0 Å². The Kier molecular flexibility index (Phi) is 6.73. The summed E-state index contributed by atoms with van der Waals surface area (Å²) < 4.78 is 0. The standard InChI is InChI=1S/C23H20ClN3O3.ClH/c24-17-12-14(6-9-20(28)29)11-16(23(17)30)21-15(10-13-4-2-1-3-5-13)22-18(26-21)7-8-19(25)27-22;/h1-5,7-8,11-12,26,30H,6,9-10H2,(H2,25,27)(H,28,29);1H. The zero-order chi connectivity index (χ0) is 21.3. The van der Waals surface area contributed by atoms with E-state index in [1.165, 1.54) is 0 Å². The number of anilines is 1. The number of aryl methyl sites for hydroxylation is 1. The normalized spacial score (nSPS) is 10.7. The van der Waals surface area contributed by atoms with Gasteiger partial charge in [-0.2, -0.15) is 0 Å². The number of carbonyl (C=O) groups is 1. The van der Waals surface area contributed by atoms with Gasteiger partial charge in [0.25, 0.3) is 0 Å². The second-order valence-corrected chi connectivity index (χ2v) is 7.55. The summed E-state index contributed by atoms with van der Waals surface area (Å²) in [5, 5.41) is 19.9. The molecule has 0 saturated heterocycles. The highest BCUT2D eigenvalue weighted by atomic mass is 35.5. The van der Waals surface area contributed by atoms with Crippen molar-refractivity contribution in [2.24, 2.45) is 0 Å². The van der Waals surface area contributed by atoms with Crippen LogP contribution in [0.25, 0.3) is 22.3 Å². The number of nitrogens with two attached hydrogens (primary N) is 1. The summed E-state index contributed by atoms with van der Waals surface area (Å²) in [5.41, 5.74) is 11.3. The number of halogens is 2. The average Bonchev–Trinajstić information content (AvgIpc) is 3.07. The molecule has 0 bridgehead atoms. The lowest BCUT2D eigenvalue weighted by atomic mass is 9.97. The number of phenolic OH excluding ortho intramolecular Hbond substituents is 1. The number of hydrogen-bond acceptors (Lipinski definition) is 4. The lowest BCUT2D eigenvalue weighted by Crippen LogP contribution is -1.98. The number of nitrogens with one attached hydrogen (secondary N) is 1. The Labute approximate surface area is 190 Å². The van der Waals surface area contributed by atoms with E-state index in [0.717, 1.165) is 27.7 Å². The molecular weight excluding hydrogens is 437 g/mol.